The largest absolute Gasteiger partial charge is 0.504 e. The molecule has 322 valence electrons. The van der Waals surface area contributed by atoms with Crippen LogP contribution in [0.15, 0.2) is 0 Å². The fraction of sp³-hybridized carbons (Fsp3) is 0.854. The van der Waals surface area contributed by atoms with Crippen LogP contribution < -0.4 is 0 Å². The van der Waals surface area contributed by atoms with Crippen LogP contribution >= 0.6 is 0 Å². The van der Waals surface area contributed by atoms with Crippen molar-refractivity contribution in [2.45, 2.75) is 137 Å². The van der Waals surface area contributed by atoms with Gasteiger partial charge in [0.05, 0.1) is 22.2 Å². The predicted octanol–water partition coefficient (Wildman–Crippen LogP) is 7.33. The molecule has 1 unspecified atom stereocenters. The van der Waals surface area contributed by atoms with Crippen LogP contribution in [0.1, 0.15) is 125 Å². The molecule has 0 N–H and O–H groups in total. The normalized spacial score (nSPS) is 31.3. The van der Waals surface area contributed by atoms with Crippen LogP contribution in [-0.2, 0) is 57.2 Å². The maximum absolute atomic E-state index is 14.2. The molecule has 0 heterocycles. The monoisotopic (exact) mass is 818 g/mol. The maximum Gasteiger partial charge on any atom is 0.504 e. The minimum Gasteiger partial charge on any atom is -0.462 e. The summed E-state index contributed by atoms with van der Waals surface area (Å²) in [5.41, 5.74) is -2.48. The second-order valence-electron chi connectivity index (χ2n) is 18.3. The topological polar surface area (TPSA) is 158 Å². The van der Waals surface area contributed by atoms with Gasteiger partial charge in [0.1, 0.15) is 26.4 Å². The molecule has 8 fully saturated rings. The summed E-state index contributed by atoms with van der Waals surface area (Å²) in [4.78, 5) is 71.9. The Morgan fingerprint density at radius 3 is 1.14 bits per heavy atom. The zero-order chi connectivity index (χ0) is 42.0. The van der Waals surface area contributed by atoms with Crippen LogP contribution in [0.5, 0.6) is 0 Å². The quantitative estimate of drug-likeness (QED) is 0.0662. The first-order chi connectivity index (χ1) is 26.6. The second-order valence-corrected chi connectivity index (χ2v) is 18.3. The Morgan fingerprint density at radius 2 is 0.842 bits per heavy atom. The van der Waals surface area contributed by atoms with Gasteiger partial charge in [0, 0.05) is 0 Å². The Hall–Kier alpha value is -3.46. The Labute approximate surface area is 331 Å². The van der Waals surface area contributed by atoms with Crippen molar-refractivity contribution in [1.82, 2.24) is 0 Å². The first kappa shape index (κ1) is 44.6. The van der Waals surface area contributed by atoms with Gasteiger partial charge in [-0.15, -0.1) is 0 Å². The van der Waals surface area contributed by atoms with Crippen molar-refractivity contribution < 1.29 is 74.8 Å². The van der Waals surface area contributed by atoms with Crippen molar-refractivity contribution in [2.75, 3.05) is 26.4 Å². The molecular formula is C41H58F4O12. The van der Waals surface area contributed by atoms with Crippen LogP contribution in [0.4, 0.5) is 17.6 Å². The molecule has 57 heavy (non-hydrogen) atoms. The molecule has 8 saturated carbocycles. The van der Waals surface area contributed by atoms with Crippen LogP contribution in [0.25, 0.3) is 0 Å². The van der Waals surface area contributed by atoms with Gasteiger partial charge in [0.15, 0.2) is 0 Å². The van der Waals surface area contributed by atoms with Crippen molar-refractivity contribution in [3.05, 3.63) is 0 Å². The standard InChI is InChI=1S/C21H30F2O6.C20H28F2O6/c1-4-19(2,3)16(24)27-5-6-28-18(26)21(22,23)29-17(25)20-10-13-7-14(11-20)9-15(8-13)12-20;1-3-12(2)16(23)26-4-5-27-18(25)20(21,22)28-17(24)19-9-13-6-14(10-19)8-15(7-13)11-19/h13-15H,4-12H2,1-3H3;12-15H,3-11H2,1-2H3. The SMILES string of the molecule is CCC(C)(C)C(=O)OCCOC(=O)C(F)(F)OC(=O)C12CC3CC(CC(C3)C1)C2.CCC(C)C(=O)OCCOC(=O)C(F)(F)OC(=O)C12CC3CC(CC(C3)C1)C2. The molecule has 0 radical (unpaired) electrons. The van der Waals surface area contributed by atoms with Crippen LogP contribution in [-0.4, -0.2) is 74.5 Å². The van der Waals surface area contributed by atoms with E-state index in [-0.39, 0.29) is 19.1 Å². The van der Waals surface area contributed by atoms with Gasteiger partial charge in [-0.3, -0.25) is 19.2 Å². The van der Waals surface area contributed by atoms with Crippen LogP contribution in [0.2, 0.25) is 0 Å². The number of hydrogen-bond donors (Lipinski definition) is 0. The molecule has 0 saturated heterocycles. The Kier molecular flexibility index (Phi) is 13.6. The molecule has 0 spiro atoms. The maximum atomic E-state index is 14.2. The molecule has 8 rings (SSSR count). The fourth-order valence-electron chi connectivity index (χ4n) is 10.6. The van der Waals surface area contributed by atoms with Gasteiger partial charge in [-0.2, -0.15) is 17.6 Å². The third-order valence-corrected chi connectivity index (χ3v) is 13.4. The number of carbonyl (C=O) groups excluding carboxylic acids is 6. The fourth-order valence-corrected chi connectivity index (χ4v) is 10.6. The minimum atomic E-state index is -4.35. The highest BCUT2D eigenvalue weighted by molar-refractivity contribution is 5.84. The van der Waals surface area contributed by atoms with E-state index in [1.807, 2.05) is 13.8 Å². The Morgan fingerprint density at radius 1 is 0.544 bits per heavy atom. The molecule has 16 heteroatoms. The summed E-state index contributed by atoms with van der Waals surface area (Å²) in [6.45, 7) is 6.97. The molecule has 0 amide bonds. The average Bonchev–Trinajstić information content (AvgIpc) is 3.13. The summed E-state index contributed by atoms with van der Waals surface area (Å²) < 4.78 is 83.9. The molecule has 12 nitrogen and oxygen atoms in total. The van der Waals surface area contributed by atoms with Crippen molar-refractivity contribution in [1.29, 1.82) is 0 Å². The Bertz CT molecular complexity index is 1460. The molecule has 8 aliphatic carbocycles. The number of ether oxygens (including phenoxy) is 6. The van der Waals surface area contributed by atoms with Crippen molar-refractivity contribution >= 4 is 35.8 Å². The number of hydrogen-bond acceptors (Lipinski definition) is 12. The third-order valence-electron chi connectivity index (χ3n) is 13.4. The second kappa shape index (κ2) is 17.4. The lowest BCUT2D eigenvalue weighted by atomic mass is 9.49. The van der Waals surface area contributed by atoms with Crippen molar-refractivity contribution in [3.8, 4) is 0 Å². The van der Waals surface area contributed by atoms with E-state index in [1.165, 1.54) is 0 Å². The van der Waals surface area contributed by atoms with E-state index in [2.05, 4.69) is 18.9 Å². The van der Waals surface area contributed by atoms with Gasteiger partial charge in [0.25, 0.3) is 0 Å². The van der Waals surface area contributed by atoms with Gasteiger partial charge in [0.2, 0.25) is 0 Å². The number of carbonyl (C=O) groups is 6. The summed E-state index contributed by atoms with van der Waals surface area (Å²) in [6.07, 6.45) is 2.13. The van der Waals surface area contributed by atoms with E-state index in [4.69, 9.17) is 9.47 Å². The van der Waals surface area contributed by atoms with Gasteiger partial charge >= 0.3 is 48.0 Å². The van der Waals surface area contributed by atoms with Crippen LogP contribution in [0.3, 0.4) is 0 Å². The summed E-state index contributed by atoms with van der Waals surface area (Å²) in [7, 11) is 0. The van der Waals surface area contributed by atoms with E-state index in [9.17, 15) is 46.3 Å². The number of halogens is 4. The van der Waals surface area contributed by atoms with Crippen LogP contribution in [0, 0.1) is 57.7 Å². The summed E-state index contributed by atoms with van der Waals surface area (Å²) in [5.74, 6) is -4.85. The predicted molar refractivity (Wildman–Crippen MR) is 191 cm³/mol. The summed E-state index contributed by atoms with van der Waals surface area (Å²) in [5, 5.41) is 0. The van der Waals surface area contributed by atoms with E-state index < -0.39 is 77.5 Å². The van der Waals surface area contributed by atoms with Gasteiger partial charge in [-0.1, -0.05) is 20.8 Å². The number of esters is 6. The van der Waals surface area contributed by atoms with Crippen molar-refractivity contribution in [3.63, 3.8) is 0 Å². The highest BCUT2D eigenvalue weighted by Crippen LogP contribution is 2.62. The molecule has 8 bridgehead atoms. The summed E-state index contributed by atoms with van der Waals surface area (Å²) >= 11 is 0. The molecule has 0 aromatic carbocycles. The third kappa shape index (κ3) is 10.4. The zero-order valence-electron chi connectivity index (χ0n) is 33.7. The van der Waals surface area contributed by atoms with Gasteiger partial charge < -0.3 is 28.4 Å². The highest BCUT2D eigenvalue weighted by Gasteiger charge is 2.60. The van der Waals surface area contributed by atoms with Gasteiger partial charge in [-0.05, 0) is 139 Å². The molecule has 1 atom stereocenters. The number of alkyl halides is 4. The molecule has 8 aliphatic rings. The van der Waals surface area contributed by atoms with E-state index in [0.717, 1.165) is 38.5 Å². The lowest BCUT2D eigenvalue weighted by Crippen LogP contribution is -2.52. The minimum absolute atomic E-state index is 0.321. The molecule has 0 aliphatic heterocycles. The average molecular weight is 819 g/mol. The molecule has 0 aromatic heterocycles. The van der Waals surface area contributed by atoms with E-state index >= 15 is 0 Å². The van der Waals surface area contributed by atoms with Gasteiger partial charge in [-0.25, -0.2) is 9.59 Å². The summed E-state index contributed by atoms with van der Waals surface area (Å²) in [6, 6.07) is 0. The molecule has 0 aromatic rings. The zero-order valence-corrected chi connectivity index (χ0v) is 33.7. The molecular weight excluding hydrogens is 760 g/mol. The first-order valence-corrected chi connectivity index (χ1v) is 20.5. The lowest BCUT2D eigenvalue weighted by molar-refractivity contribution is -0.255. The highest BCUT2D eigenvalue weighted by atomic mass is 19.3. The number of rotatable bonds is 16. The first-order valence-electron chi connectivity index (χ1n) is 20.5. The van der Waals surface area contributed by atoms with Crippen molar-refractivity contribution in [2.24, 2.45) is 57.7 Å². The smallest absolute Gasteiger partial charge is 0.462 e. The Balaban J connectivity index is 0.000000218. The van der Waals surface area contributed by atoms with E-state index in [1.54, 1.807) is 20.8 Å². The van der Waals surface area contributed by atoms with E-state index in [0.29, 0.717) is 86.9 Å². The lowest BCUT2D eigenvalue weighted by Gasteiger charge is -2.55.